The number of rotatable bonds is 7. The molecule has 1 saturated carbocycles. The van der Waals surface area contributed by atoms with Gasteiger partial charge in [0.25, 0.3) is 5.91 Å². The maximum atomic E-state index is 11.9. The summed E-state index contributed by atoms with van der Waals surface area (Å²) in [5, 5.41) is 14.9. The van der Waals surface area contributed by atoms with Gasteiger partial charge in [-0.3, -0.25) is 4.79 Å². The number of aliphatic hydroxyl groups is 1. The summed E-state index contributed by atoms with van der Waals surface area (Å²) in [6, 6.07) is 7.97. The topological polar surface area (TPSA) is 61.4 Å². The van der Waals surface area contributed by atoms with Crippen LogP contribution < -0.4 is 10.6 Å². The summed E-state index contributed by atoms with van der Waals surface area (Å²) >= 11 is 0. The average Bonchev–Trinajstić information content (AvgIpc) is 2.97. The number of anilines is 1. The highest BCUT2D eigenvalue weighted by atomic mass is 16.3. The second-order valence-corrected chi connectivity index (χ2v) is 5.99. The van der Waals surface area contributed by atoms with Crippen molar-refractivity contribution < 1.29 is 9.90 Å². The lowest BCUT2D eigenvalue weighted by molar-refractivity contribution is 0.0945. The Bertz CT molecular complexity index is 456. The van der Waals surface area contributed by atoms with Crippen LogP contribution in [-0.4, -0.2) is 30.2 Å². The molecule has 0 heterocycles. The van der Waals surface area contributed by atoms with E-state index in [1.54, 1.807) is 6.07 Å². The quantitative estimate of drug-likeness (QED) is 0.723. The minimum Gasteiger partial charge on any atom is -0.395 e. The highest BCUT2D eigenvalue weighted by molar-refractivity contribution is 5.95. The number of nitrogens with one attached hydrogen (secondary N) is 2. The molecule has 0 aliphatic heterocycles. The number of carbonyl (C=O) groups is 1. The number of carbonyl (C=O) groups excluding carboxylic acids is 1. The molecule has 0 bridgehead atoms. The van der Waals surface area contributed by atoms with E-state index in [9.17, 15) is 4.79 Å². The van der Waals surface area contributed by atoms with Crippen LogP contribution in [0, 0.1) is 5.92 Å². The van der Waals surface area contributed by atoms with E-state index in [-0.39, 0.29) is 19.1 Å². The Balaban J connectivity index is 1.89. The van der Waals surface area contributed by atoms with E-state index >= 15 is 0 Å². The molecular weight excluding hydrogens is 264 g/mol. The number of hydrogen-bond donors (Lipinski definition) is 3. The molecule has 1 unspecified atom stereocenters. The van der Waals surface area contributed by atoms with Gasteiger partial charge in [0.05, 0.1) is 6.61 Å². The first kappa shape index (κ1) is 15.8. The fourth-order valence-electron chi connectivity index (χ4n) is 3.11. The third kappa shape index (κ3) is 5.05. The summed E-state index contributed by atoms with van der Waals surface area (Å²) < 4.78 is 0. The lowest BCUT2D eigenvalue weighted by Crippen LogP contribution is -2.26. The molecule has 0 saturated heterocycles. The minimum absolute atomic E-state index is 0.0396. The minimum atomic E-state index is -0.142. The molecule has 116 valence electrons. The van der Waals surface area contributed by atoms with Crippen molar-refractivity contribution in [1.82, 2.24) is 5.32 Å². The van der Waals surface area contributed by atoms with Gasteiger partial charge in [0.15, 0.2) is 0 Å². The zero-order chi connectivity index (χ0) is 15.1. The van der Waals surface area contributed by atoms with Crippen LogP contribution in [0.1, 0.15) is 49.4 Å². The molecule has 4 nitrogen and oxygen atoms in total. The summed E-state index contributed by atoms with van der Waals surface area (Å²) in [6.45, 7) is 2.45. The van der Waals surface area contributed by atoms with E-state index in [0.29, 0.717) is 11.6 Å². The van der Waals surface area contributed by atoms with Crippen molar-refractivity contribution in [3.05, 3.63) is 29.8 Å². The van der Waals surface area contributed by atoms with Crippen molar-refractivity contribution in [2.24, 2.45) is 5.92 Å². The van der Waals surface area contributed by atoms with Crippen LogP contribution in [0.4, 0.5) is 5.69 Å². The zero-order valence-electron chi connectivity index (χ0n) is 12.8. The molecule has 21 heavy (non-hydrogen) atoms. The Kier molecular flexibility index (Phi) is 6.05. The molecule has 1 amide bonds. The summed E-state index contributed by atoms with van der Waals surface area (Å²) in [7, 11) is 0. The van der Waals surface area contributed by atoms with Crippen LogP contribution in [0.25, 0.3) is 0 Å². The van der Waals surface area contributed by atoms with Crippen LogP contribution in [0.2, 0.25) is 0 Å². The van der Waals surface area contributed by atoms with Crippen LogP contribution in [0.3, 0.4) is 0 Å². The normalized spacial score (nSPS) is 16.7. The standard InChI is InChI=1S/C17H26N2O2/c1-13(11-14-5-2-3-6-14)19-16-8-4-7-15(12-16)17(21)18-9-10-20/h4,7-8,12-14,19-20H,2-3,5-6,9-11H2,1H3,(H,18,21). The van der Waals surface area contributed by atoms with Gasteiger partial charge in [-0.2, -0.15) is 0 Å². The molecule has 4 heteroatoms. The summed E-state index contributed by atoms with van der Waals surface area (Å²) in [6.07, 6.45) is 6.65. The van der Waals surface area contributed by atoms with Gasteiger partial charge < -0.3 is 15.7 Å². The van der Waals surface area contributed by atoms with Crippen molar-refractivity contribution in [1.29, 1.82) is 0 Å². The highest BCUT2D eigenvalue weighted by Crippen LogP contribution is 2.29. The maximum Gasteiger partial charge on any atom is 0.251 e. The van der Waals surface area contributed by atoms with E-state index in [4.69, 9.17) is 5.11 Å². The van der Waals surface area contributed by atoms with Gasteiger partial charge in [0.2, 0.25) is 0 Å². The van der Waals surface area contributed by atoms with Crippen molar-refractivity contribution in [2.75, 3.05) is 18.5 Å². The Hall–Kier alpha value is -1.55. The van der Waals surface area contributed by atoms with E-state index in [0.717, 1.165) is 11.6 Å². The Labute approximate surface area is 126 Å². The van der Waals surface area contributed by atoms with E-state index in [2.05, 4.69) is 17.6 Å². The second-order valence-electron chi connectivity index (χ2n) is 5.99. The first-order valence-electron chi connectivity index (χ1n) is 7.94. The lowest BCUT2D eigenvalue weighted by atomic mass is 9.99. The van der Waals surface area contributed by atoms with Crippen LogP contribution in [0.15, 0.2) is 24.3 Å². The van der Waals surface area contributed by atoms with E-state index in [1.807, 2.05) is 18.2 Å². The van der Waals surface area contributed by atoms with Gasteiger partial charge in [-0.1, -0.05) is 31.7 Å². The monoisotopic (exact) mass is 290 g/mol. The second kappa shape index (κ2) is 8.03. The third-order valence-corrected chi connectivity index (χ3v) is 4.10. The first-order chi connectivity index (χ1) is 10.2. The number of benzene rings is 1. The van der Waals surface area contributed by atoms with Crippen LogP contribution in [0.5, 0.6) is 0 Å². The Morgan fingerprint density at radius 3 is 2.86 bits per heavy atom. The molecule has 1 aromatic rings. The predicted molar refractivity (Wildman–Crippen MR) is 85.5 cm³/mol. The van der Waals surface area contributed by atoms with Gasteiger partial charge in [0, 0.05) is 23.8 Å². The predicted octanol–water partition coefficient (Wildman–Crippen LogP) is 2.79. The largest absolute Gasteiger partial charge is 0.395 e. The van der Waals surface area contributed by atoms with Crippen molar-refractivity contribution in [3.63, 3.8) is 0 Å². The number of hydrogen-bond acceptors (Lipinski definition) is 3. The number of amides is 1. The van der Waals surface area contributed by atoms with Gasteiger partial charge in [0.1, 0.15) is 0 Å². The molecule has 0 radical (unpaired) electrons. The third-order valence-electron chi connectivity index (χ3n) is 4.10. The average molecular weight is 290 g/mol. The molecule has 1 aliphatic rings. The molecule has 1 aromatic carbocycles. The molecule has 0 spiro atoms. The molecule has 1 aliphatic carbocycles. The molecule has 1 atom stereocenters. The van der Waals surface area contributed by atoms with Crippen LogP contribution >= 0.6 is 0 Å². The highest BCUT2D eigenvalue weighted by Gasteiger charge is 2.17. The van der Waals surface area contributed by atoms with Gasteiger partial charge in [-0.05, 0) is 37.5 Å². The molecule has 2 rings (SSSR count). The SMILES string of the molecule is CC(CC1CCCC1)Nc1cccc(C(=O)NCCO)c1. The van der Waals surface area contributed by atoms with Crippen molar-refractivity contribution >= 4 is 11.6 Å². The smallest absolute Gasteiger partial charge is 0.251 e. The van der Waals surface area contributed by atoms with E-state index in [1.165, 1.54) is 32.1 Å². The van der Waals surface area contributed by atoms with Crippen LogP contribution in [-0.2, 0) is 0 Å². The Morgan fingerprint density at radius 1 is 1.38 bits per heavy atom. The molecule has 0 aromatic heterocycles. The summed E-state index contributed by atoms with van der Waals surface area (Å²) in [4.78, 5) is 11.9. The van der Waals surface area contributed by atoms with Crippen molar-refractivity contribution in [3.8, 4) is 0 Å². The first-order valence-corrected chi connectivity index (χ1v) is 7.94. The fourth-order valence-corrected chi connectivity index (χ4v) is 3.11. The van der Waals surface area contributed by atoms with Gasteiger partial charge in [-0.25, -0.2) is 0 Å². The van der Waals surface area contributed by atoms with Gasteiger partial charge >= 0.3 is 0 Å². The van der Waals surface area contributed by atoms with Gasteiger partial charge in [-0.15, -0.1) is 0 Å². The summed E-state index contributed by atoms with van der Waals surface area (Å²) in [5.41, 5.74) is 1.61. The lowest BCUT2D eigenvalue weighted by Gasteiger charge is -2.19. The Morgan fingerprint density at radius 2 is 2.14 bits per heavy atom. The molecular formula is C17H26N2O2. The zero-order valence-corrected chi connectivity index (χ0v) is 12.8. The summed E-state index contributed by atoms with van der Waals surface area (Å²) in [5.74, 6) is 0.708. The van der Waals surface area contributed by atoms with Crippen molar-refractivity contribution in [2.45, 2.75) is 45.1 Å². The maximum absolute atomic E-state index is 11.9. The number of aliphatic hydroxyl groups excluding tert-OH is 1. The van der Waals surface area contributed by atoms with E-state index < -0.39 is 0 Å². The fraction of sp³-hybridized carbons (Fsp3) is 0.588. The molecule has 1 fully saturated rings. The molecule has 3 N–H and O–H groups in total.